The van der Waals surface area contributed by atoms with E-state index in [9.17, 15) is 18.0 Å². The van der Waals surface area contributed by atoms with Crippen LogP contribution in [0.4, 0.5) is 0 Å². The van der Waals surface area contributed by atoms with Gasteiger partial charge in [0.15, 0.2) is 40.7 Å². The number of Topliss-reactive ketones (excluding diaryl/α,β-unsaturated/α-hetero) is 2. The van der Waals surface area contributed by atoms with Crippen molar-refractivity contribution >= 4 is 21.7 Å². The van der Waals surface area contributed by atoms with Crippen LogP contribution in [-0.4, -0.2) is 54.7 Å². The standard InChI is InChI=1S/C22H26O10S/c1-12(23)15-10-17(28-4)18(11-16(15)27-3)31-21(13(2)24)14-8-19(29-5)22(20(9-14)30-6)32-33(7,25)26/h8-11,21H,1-7H3. The van der Waals surface area contributed by atoms with Crippen LogP contribution >= 0.6 is 0 Å². The van der Waals surface area contributed by atoms with E-state index >= 15 is 0 Å². The van der Waals surface area contributed by atoms with Crippen molar-refractivity contribution in [2.24, 2.45) is 0 Å². The van der Waals surface area contributed by atoms with Crippen molar-refractivity contribution in [1.82, 2.24) is 0 Å². The van der Waals surface area contributed by atoms with Crippen molar-refractivity contribution in [3.05, 3.63) is 35.4 Å². The number of carbonyl (C=O) groups is 2. The number of ketones is 2. The van der Waals surface area contributed by atoms with Gasteiger partial charge in [-0.05, 0) is 32.0 Å². The average Bonchev–Trinajstić information content (AvgIpc) is 2.75. The summed E-state index contributed by atoms with van der Waals surface area (Å²) in [5.74, 6) is -0.158. The lowest BCUT2D eigenvalue weighted by Gasteiger charge is -2.22. The summed E-state index contributed by atoms with van der Waals surface area (Å²) in [6, 6.07) is 5.71. The molecule has 0 amide bonds. The smallest absolute Gasteiger partial charge is 0.306 e. The number of benzene rings is 2. The molecule has 0 aliphatic rings. The van der Waals surface area contributed by atoms with Crippen LogP contribution in [0.25, 0.3) is 0 Å². The second kappa shape index (κ2) is 10.4. The molecule has 11 heteroatoms. The number of hydrogen-bond donors (Lipinski definition) is 0. The quantitative estimate of drug-likeness (QED) is 0.349. The van der Waals surface area contributed by atoms with Gasteiger partial charge in [0.05, 0.1) is 40.3 Å². The van der Waals surface area contributed by atoms with Crippen LogP contribution in [-0.2, 0) is 14.9 Å². The molecule has 0 N–H and O–H groups in total. The first-order valence-corrected chi connectivity index (χ1v) is 11.4. The van der Waals surface area contributed by atoms with E-state index in [0.717, 1.165) is 6.26 Å². The Kier molecular flexibility index (Phi) is 8.15. The molecule has 2 rings (SSSR count). The molecule has 33 heavy (non-hydrogen) atoms. The Hall–Kier alpha value is -3.47. The summed E-state index contributed by atoms with van der Waals surface area (Å²) in [7, 11) is 1.53. The average molecular weight is 483 g/mol. The number of methoxy groups -OCH3 is 4. The highest BCUT2D eigenvalue weighted by Gasteiger charge is 2.27. The maximum atomic E-state index is 12.5. The molecule has 1 unspecified atom stereocenters. The van der Waals surface area contributed by atoms with Gasteiger partial charge in [0, 0.05) is 11.6 Å². The first-order valence-electron chi connectivity index (χ1n) is 9.55. The summed E-state index contributed by atoms with van der Waals surface area (Å²) >= 11 is 0. The molecule has 0 fully saturated rings. The Bertz CT molecular complexity index is 1130. The first-order chi connectivity index (χ1) is 15.4. The molecule has 0 heterocycles. The van der Waals surface area contributed by atoms with Gasteiger partial charge in [-0.1, -0.05) is 0 Å². The Morgan fingerprint density at radius 1 is 0.758 bits per heavy atom. The number of rotatable bonds is 11. The highest BCUT2D eigenvalue weighted by Crippen LogP contribution is 2.43. The van der Waals surface area contributed by atoms with E-state index in [1.807, 2.05) is 0 Å². The number of ether oxygens (including phenoxy) is 5. The Morgan fingerprint density at radius 3 is 1.67 bits per heavy atom. The van der Waals surface area contributed by atoms with Crippen LogP contribution in [0.2, 0.25) is 0 Å². The lowest BCUT2D eigenvalue weighted by atomic mass is 10.0. The molecular weight excluding hydrogens is 456 g/mol. The maximum absolute atomic E-state index is 12.5. The van der Waals surface area contributed by atoms with E-state index in [-0.39, 0.29) is 51.6 Å². The van der Waals surface area contributed by atoms with Crippen LogP contribution < -0.4 is 27.9 Å². The highest BCUT2D eigenvalue weighted by atomic mass is 32.2. The summed E-state index contributed by atoms with van der Waals surface area (Å²) < 4.78 is 55.4. The third kappa shape index (κ3) is 6.07. The molecule has 0 bridgehead atoms. The van der Waals surface area contributed by atoms with Crippen LogP contribution in [0.15, 0.2) is 24.3 Å². The molecule has 0 spiro atoms. The molecule has 2 aromatic carbocycles. The molecule has 2 aromatic rings. The zero-order valence-electron chi connectivity index (χ0n) is 19.4. The van der Waals surface area contributed by atoms with Crippen molar-refractivity contribution in [3.8, 4) is 34.5 Å². The van der Waals surface area contributed by atoms with Gasteiger partial charge in [-0.2, -0.15) is 8.42 Å². The zero-order valence-corrected chi connectivity index (χ0v) is 20.2. The number of hydrogen-bond acceptors (Lipinski definition) is 10. The van der Waals surface area contributed by atoms with Gasteiger partial charge in [-0.15, -0.1) is 0 Å². The molecule has 0 aliphatic heterocycles. The van der Waals surface area contributed by atoms with Crippen molar-refractivity contribution in [2.75, 3.05) is 34.7 Å². The minimum Gasteiger partial charge on any atom is -0.496 e. The van der Waals surface area contributed by atoms with Gasteiger partial charge in [-0.25, -0.2) is 0 Å². The Morgan fingerprint density at radius 2 is 1.27 bits per heavy atom. The van der Waals surface area contributed by atoms with Crippen molar-refractivity contribution in [1.29, 1.82) is 0 Å². The molecule has 0 aliphatic carbocycles. The maximum Gasteiger partial charge on any atom is 0.306 e. The fraction of sp³-hybridized carbons (Fsp3) is 0.364. The van der Waals surface area contributed by atoms with Gasteiger partial charge in [0.1, 0.15) is 5.75 Å². The molecule has 1 atom stereocenters. The van der Waals surface area contributed by atoms with Gasteiger partial charge >= 0.3 is 10.1 Å². The van der Waals surface area contributed by atoms with Crippen LogP contribution in [0.3, 0.4) is 0 Å². The van der Waals surface area contributed by atoms with Gasteiger partial charge in [0.2, 0.25) is 5.75 Å². The molecule has 0 saturated heterocycles. The fourth-order valence-electron chi connectivity index (χ4n) is 3.03. The highest BCUT2D eigenvalue weighted by molar-refractivity contribution is 7.86. The Balaban J connectivity index is 2.62. The van der Waals surface area contributed by atoms with Gasteiger partial charge in [0.25, 0.3) is 0 Å². The van der Waals surface area contributed by atoms with Gasteiger partial charge in [-0.3, -0.25) is 9.59 Å². The second-order valence-electron chi connectivity index (χ2n) is 6.91. The first kappa shape index (κ1) is 25.8. The van der Waals surface area contributed by atoms with Crippen molar-refractivity contribution in [2.45, 2.75) is 20.0 Å². The summed E-state index contributed by atoms with van der Waals surface area (Å²) in [6.07, 6.45) is -0.284. The molecule has 0 radical (unpaired) electrons. The van der Waals surface area contributed by atoms with E-state index in [1.165, 1.54) is 66.6 Å². The Labute approximate surface area is 192 Å². The minimum atomic E-state index is -3.88. The lowest BCUT2D eigenvalue weighted by molar-refractivity contribution is -0.123. The van der Waals surface area contributed by atoms with E-state index < -0.39 is 16.2 Å². The monoisotopic (exact) mass is 482 g/mol. The molecule has 0 saturated carbocycles. The minimum absolute atomic E-state index is 0.0149. The van der Waals surface area contributed by atoms with Crippen LogP contribution in [0, 0.1) is 0 Å². The third-order valence-electron chi connectivity index (χ3n) is 4.50. The fourth-order valence-corrected chi connectivity index (χ4v) is 3.50. The van der Waals surface area contributed by atoms with Gasteiger partial charge < -0.3 is 27.9 Å². The summed E-state index contributed by atoms with van der Waals surface area (Å²) in [5.41, 5.74) is 0.584. The molecule has 10 nitrogen and oxygen atoms in total. The summed E-state index contributed by atoms with van der Waals surface area (Å²) in [6.45, 7) is 2.70. The second-order valence-corrected chi connectivity index (χ2v) is 8.49. The van der Waals surface area contributed by atoms with Crippen molar-refractivity contribution in [3.63, 3.8) is 0 Å². The van der Waals surface area contributed by atoms with Crippen molar-refractivity contribution < 1.29 is 45.9 Å². The SMILES string of the molecule is COc1cc(C(C)=O)c(OC)cc1OC(C(C)=O)c1cc(OC)c(OS(C)(=O)=O)c(OC)c1. The van der Waals surface area contributed by atoms with Crippen LogP contribution in [0.5, 0.6) is 34.5 Å². The van der Waals surface area contributed by atoms with E-state index in [2.05, 4.69) is 0 Å². The van der Waals surface area contributed by atoms with E-state index in [4.69, 9.17) is 27.9 Å². The largest absolute Gasteiger partial charge is 0.496 e. The topological polar surface area (TPSA) is 124 Å². The molecule has 0 aromatic heterocycles. The van der Waals surface area contributed by atoms with Crippen LogP contribution in [0.1, 0.15) is 35.9 Å². The predicted molar refractivity (Wildman–Crippen MR) is 119 cm³/mol. The normalized spacial score (nSPS) is 11.8. The third-order valence-corrected chi connectivity index (χ3v) is 4.97. The zero-order chi connectivity index (χ0) is 24.9. The van der Waals surface area contributed by atoms with E-state index in [1.54, 1.807) is 0 Å². The lowest BCUT2D eigenvalue weighted by Crippen LogP contribution is -2.17. The molecule has 180 valence electrons. The number of carbonyl (C=O) groups excluding carboxylic acids is 2. The summed E-state index contributed by atoms with van der Waals surface area (Å²) in [5, 5.41) is 0. The van der Waals surface area contributed by atoms with E-state index in [0.29, 0.717) is 5.56 Å². The predicted octanol–water partition coefficient (Wildman–Crippen LogP) is 2.97. The summed E-state index contributed by atoms with van der Waals surface area (Å²) in [4.78, 5) is 24.4. The molecular formula is C22H26O10S.